The summed E-state index contributed by atoms with van der Waals surface area (Å²) in [4.78, 5) is 16.0. The first kappa shape index (κ1) is 17.0. The molecule has 0 aromatic carbocycles. The lowest BCUT2D eigenvalue weighted by molar-refractivity contribution is 0.239. The zero-order chi connectivity index (χ0) is 18.1. The predicted octanol–water partition coefficient (Wildman–Crippen LogP) is 3.00. The first-order valence-electron chi connectivity index (χ1n) is 9.38. The van der Waals surface area contributed by atoms with E-state index in [9.17, 15) is 0 Å². The van der Waals surface area contributed by atoms with Crippen LogP contribution in [0.5, 0.6) is 0 Å². The molecule has 5 nitrogen and oxygen atoms in total. The van der Waals surface area contributed by atoms with Crippen molar-refractivity contribution >= 4 is 17.4 Å². The molecule has 1 aromatic heterocycles. The highest BCUT2D eigenvalue weighted by Gasteiger charge is 2.23. The Hall–Kier alpha value is -2.40. The van der Waals surface area contributed by atoms with Crippen molar-refractivity contribution in [3.8, 4) is 0 Å². The molecule has 0 bridgehead atoms. The maximum Gasteiger partial charge on any atom is 0.133 e. The number of fused-ring (bicyclic) bond motifs is 1. The number of nitrogens with zero attached hydrogens (tertiary/aromatic N) is 5. The number of amidine groups is 1. The van der Waals surface area contributed by atoms with Gasteiger partial charge in [-0.2, -0.15) is 0 Å². The fraction of sp³-hybridized carbons (Fsp3) is 0.429. The van der Waals surface area contributed by atoms with Crippen molar-refractivity contribution in [1.82, 2.24) is 14.8 Å². The SMILES string of the molecule is CN1CCC(C2=CN3CC=C(c4ccc(N(C)C)nc4)N=C3C=C2)CC1. The number of aliphatic imine (C=N–C) groups is 1. The highest BCUT2D eigenvalue weighted by molar-refractivity contribution is 6.00. The Labute approximate surface area is 156 Å². The molecule has 1 fully saturated rings. The average molecular weight is 349 g/mol. The number of anilines is 1. The highest BCUT2D eigenvalue weighted by atomic mass is 15.2. The largest absolute Gasteiger partial charge is 0.363 e. The molecule has 3 aliphatic heterocycles. The summed E-state index contributed by atoms with van der Waals surface area (Å²) in [6.07, 6.45) is 13.3. The molecule has 1 aromatic rings. The van der Waals surface area contributed by atoms with E-state index in [-0.39, 0.29) is 0 Å². The van der Waals surface area contributed by atoms with E-state index in [4.69, 9.17) is 4.99 Å². The van der Waals surface area contributed by atoms with Crippen LogP contribution in [0.4, 0.5) is 5.82 Å². The molecule has 0 radical (unpaired) electrons. The molecule has 26 heavy (non-hydrogen) atoms. The molecule has 3 aliphatic rings. The standard InChI is InChI=1S/C21H27N5/c1-24(2)20-6-4-17(14-22-20)19-10-13-26-15-18(5-7-21(26)23-19)16-8-11-25(3)12-9-16/h4-7,10,14-16H,8-9,11-13H2,1-3H3. The molecule has 4 heterocycles. The second-order valence-electron chi connectivity index (χ2n) is 7.55. The molecule has 0 spiro atoms. The summed E-state index contributed by atoms with van der Waals surface area (Å²) in [7, 11) is 6.21. The Morgan fingerprint density at radius 1 is 1.12 bits per heavy atom. The maximum atomic E-state index is 4.85. The van der Waals surface area contributed by atoms with Crippen LogP contribution in [0.3, 0.4) is 0 Å². The van der Waals surface area contributed by atoms with E-state index in [2.05, 4.69) is 52.3 Å². The smallest absolute Gasteiger partial charge is 0.133 e. The third-order valence-corrected chi connectivity index (χ3v) is 5.43. The summed E-state index contributed by atoms with van der Waals surface area (Å²) in [5, 5.41) is 0. The minimum atomic E-state index is 0.678. The number of pyridine rings is 1. The summed E-state index contributed by atoms with van der Waals surface area (Å²) in [6, 6.07) is 4.14. The molecule has 0 amide bonds. The van der Waals surface area contributed by atoms with Crippen molar-refractivity contribution in [1.29, 1.82) is 0 Å². The van der Waals surface area contributed by atoms with Gasteiger partial charge in [0.05, 0.1) is 5.70 Å². The van der Waals surface area contributed by atoms with Gasteiger partial charge in [-0.1, -0.05) is 6.08 Å². The first-order chi connectivity index (χ1) is 12.6. The van der Waals surface area contributed by atoms with Crippen LogP contribution in [0.25, 0.3) is 5.70 Å². The molecule has 136 valence electrons. The monoisotopic (exact) mass is 349 g/mol. The van der Waals surface area contributed by atoms with Crippen molar-refractivity contribution in [3.63, 3.8) is 0 Å². The molecular formula is C21H27N5. The lowest BCUT2D eigenvalue weighted by atomic mass is 9.88. The van der Waals surface area contributed by atoms with E-state index in [1.807, 2.05) is 31.3 Å². The number of piperidine rings is 1. The van der Waals surface area contributed by atoms with Crippen molar-refractivity contribution < 1.29 is 0 Å². The van der Waals surface area contributed by atoms with Gasteiger partial charge in [-0.25, -0.2) is 9.98 Å². The number of likely N-dealkylation sites (tertiary alicyclic amines) is 1. The second kappa shape index (κ2) is 7.08. The Morgan fingerprint density at radius 3 is 2.62 bits per heavy atom. The zero-order valence-corrected chi connectivity index (χ0v) is 15.9. The van der Waals surface area contributed by atoms with Crippen LogP contribution < -0.4 is 4.90 Å². The molecular weight excluding hydrogens is 322 g/mol. The van der Waals surface area contributed by atoms with Crippen LogP contribution >= 0.6 is 0 Å². The zero-order valence-electron chi connectivity index (χ0n) is 15.9. The maximum absolute atomic E-state index is 4.85. The summed E-state index contributed by atoms with van der Waals surface area (Å²) >= 11 is 0. The van der Waals surface area contributed by atoms with E-state index >= 15 is 0 Å². The fourth-order valence-electron chi connectivity index (χ4n) is 3.73. The van der Waals surface area contributed by atoms with Gasteiger partial charge in [0.1, 0.15) is 11.7 Å². The van der Waals surface area contributed by atoms with Gasteiger partial charge < -0.3 is 14.7 Å². The minimum Gasteiger partial charge on any atom is -0.363 e. The Balaban J connectivity index is 1.48. The van der Waals surface area contributed by atoms with E-state index < -0.39 is 0 Å². The van der Waals surface area contributed by atoms with Crippen LogP contribution in [-0.2, 0) is 0 Å². The average Bonchev–Trinajstić information content (AvgIpc) is 2.68. The van der Waals surface area contributed by atoms with Crippen molar-refractivity contribution in [2.24, 2.45) is 10.9 Å². The van der Waals surface area contributed by atoms with Crippen molar-refractivity contribution in [3.05, 3.63) is 53.9 Å². The van der Waals surface area contributed by atoms with Gasteiger partial charge in [0, 0.05) is 38.6 Å². The van der Waals surface area contributed by atoms with E-state index in [0.717, 1.165) is 29.5 Å². The summed E-state index contributed by atoms with van der Waals surface area (Å²) < 4.78 is 0. The van der Waals surface area contributed by atoms with Crippen LogP contribution in [0, 0.1) is 5.92 Å². The molecule has 0 unspecified atom stereocenters. The minimum absolute atomic E-state index is 0.678. The van der Waals surface area contributed by atoms with Gasteiger partial charge >= 0.3 is 0 Å². The third-order valence-electron chi connectivity index (χ3n) is 5.43. The van der Waals surface area contributed by atoms with Gasteiger partial charge in [0.25, 0.3) is 0 Å². The quantitative estimate of drug-likeness (QED) is 0.840. The Morgan fingerprint density at radius 2 is 1.92 bits per heavy atom. The van der Waals surface area contributed by atoms with Crippen LogP contribution in [-0.4, -0.2) is 61.4 Å². The predicted molar refractivity (Wildman–Crippen MR) is 108 cm³/mol. The summed E-state index contributed by atoms with van der Waals surface area (Å²) in [5.41, 5.74) is 3.53. The van der Waals surface area contributed by atoms with Crippen LogP contribution in [0.15, 0.2) is 53.3 Å². The number of allylic oxidation sites excluding steroid dienone is 2. The molecule has 1 saturated heterocycles. The molecule has 4 rings (SSSR count). The molecule has 0 aliphatic carbocycles. The summed E-state index contributed by atoms with van der Waals surface area (Å²) in [6.45, 7) is 3.25. The number of hydrogen-bond donors (Lipinski definition) is 0. The Kier molecular flexibility index (Phi) is 4.64. The van der Waals surface area contributed by atoms with Gasteiger partial charge in [0.2, 0.25) is 0 Å². The first-order valence-corrected chi connectivity index (χ1v) is 9.38. The molecule has 0 saturated carbocycles. The molecule has 0 atom stereocenters. The van der Waals surface area contributed by atoms with E-state index in [1.165, 1.54) is 31.5 Å². The van der Waals surface area contributed by atoms with Crippen LogP contribution in [0.2, 0.25) is 0 Å². The highest BCUT2D eigenvalue weighted by Crippen LogP contribution is 2.29. The fourth-order valence-corrected chi connectivity index (χ4v) is 3.73. The molecule has 5 heteroatoms. The van der Waals surface area contributed by atoms with Crippen molar-refractivity contribution in [2.75, 3.05) is 45.7 Å². The third kappa shape index (κ3) is 3.44. The van der Waals surface area contributed by atoms with Crippen molar-refractivity contribution in [2.45, 2.75) is 12.8 Å². The number of aromatic nitrogens is 1. The number of hydrogen-bond acceptors (Lipinski definition) is 5. The number of rotatable bonds is 3. The van der Waals surface area contributed by atoms with E-state index in [0.29, 0.717) is 5.92 Å². The topological polar surface area (TPSA) is 35.0 Å². The molecule has 0 N–H and O–H groups in total. The van der Waals surface area contributed by atoms with Crippen LogP contribution in [0.1, 0.15) is 18.4 Å². The lowest BCUT2D eigenvalue weighted by Gasteiger charge is -2.33. The van der Waals surface area contributed by atoms with Gasteiger partial charge in [-0.15, -0.1) is 0 Å². The van der Waals surface area contributed by atoms with Gasteiger partial charge in [-0.3, -0.25) is 0 Å². The summed E-state index contributed by atoms with van der Waals surface area (Å²) in [5.74, 6) is 2.66. The lowest BCUT2D eigenvalue weighted by Crippen LogP contribution is -2.34. The Bertz CT molecular complexity index is 777. The van der Waals surface area contributed by atoms with Gasteiger partial charge in [0.15, 0.2) is 0 Å². The van der Waals surface area contributed by atoms with E-state index in [1.54, 1.807) is 0 Å². The normalized spacial score (nSPS) is 21.0. The second-order valence-corrected chi connectivity index (χ2v) is 7.55. The van der Waals surface area contributed by atoms with Gasteiger partial charge in [-0.05, 0) is 68.8 Å².